The molecule has 0 aliphatic heterocycles. The maximum atomic E-state index is 5.67. The standard InChI is InChI=1S/C19H23N3/c1-4-15-8-11-18(14(3)12-15)19(22-21-5-2)17-9-6-16(13-20)7-10-17/h5-12,21H,2,4,13,20H2,1,3H3/b22-19-. The van der Waals surface area contributed by atoms with Gasteiger partial charge in [-0.1, -0.05) is 56.0 Å². The topological polar surface area (TPSA) is 50.4 Å². The molecule has 0 aliphatic carbocycles. The zero-order valence-electron chi connectivity index (χ0n) is 13.3. The van der Waals surface area contributed by atoms with Crippen molar-refractivity contribution in [2.75, 3.05) is 0 Å². The van der Waals surface area contributed by atoms with Crippen LogP contribution in [0.15, 0.2) is 60.3 Å². The van der Waals surface area contributed by atoms with Crippen LogP contribution in [0.1, 0.15) is 34.7 Å². The molecule has 22 heavy (non-hydrogen) atoms. The highest BCUT2D eigenvalue weighted by Crippen LogP contribution is 2.18. The van der Waals surface area contributed by atoms with Crippen LogP contribution < -0.4 is 11.2 Å². The van der Waals surface area contributed by atoms with Gasteiger partial charge in [-0.15, -0.1) is 0 Å². The second-order valence-electron chi connectivity index (χ2n) is 5.20. The first-order valence-electron chi connectivity index (χ1n) is 7.53. The molecule has 0 aliphatic rings. The van der Waals surface area contributed by atoms with Gasteiger partial charge in [0.05, 0.1) is 5.71 Å². The smallest absolute Gasteiger partial charge is 0.0980 e. The highest BCUT2D eigenvalue weighted by Gasteiger charge is 2.10. The molecule has 0 aromatic heterocycles. The summed E-state index contributed by atoms with van der Waals surface area (Å²) in [6.07, 6.45) is 2.60. The molecule has 3 heteroatoms. The number of hydrazone groups is 1. The van der Waals surface area contributed by atoms with Gasteiger partial charge in [0.2, 0.25) is 0 Å². The Kier molecular flexibility index (Phi) is 5.50. The minimum atomic E-state index is 0.544. The summed E-state index contributed by atoms with van der Waals surface area (Å²) in [5.41, 5.74) is 15.3. The van der Waals surface area contributed by atoms with Crippen LogP contribution in [-0.2, 0) is 13.0 Å². The Morgan fingerprint density at radius 3 is 2.41 bits per heavy atom. The number of rotatable bonds is 6. The molecule has 0 unspecified atom stereocenters. The van der Waals surface area contributed by atoms with Gasteiger partial charge in [-0.3, -0.25) is 5.43 Å². The first-order chi connectivity index (χ1) is 10.7. The van der Waals surface area contributed by atoms with E-state index in [2.05, 4.69) is 61.3 Å². The minimum absolute atomic E-state index is 0.544. The third-order valence-corrected chi connectivity index (χ3v) is 3.68. The molecule has 2 aromatic rings. The van der Waals surface area contributed by atoms with E-state index in [4.69, 9.17) is 5.73 Å². The van der Waals surface area contributed by atoms with Gasteiger partial charge in [0.1, 0.15) is 0 Å². The molecule has 0 fully saturated rings. The zero-order valence-corrected chi connectivity index (χ0v) is 13.3. The molecule has 0 heterocycles. The second-order valence-corrected chi connectivity index (χ2v) is 5.20. The van der Waals surface area contributed by atoms with Crippen molar-refractivity contribution in [3.8, 4) is 0 Å². The number of hydrogen-bond acceptors (Lipinski definition) is 3. The van der Waals surface area contributed by atoms with Crippen LogP contribution in [0, 0.1) is 6.92 Å². The van der Waals surface area contributed by atoms with Crippen LogP contribution in [0.3, 0.4) is 0 Å². The summed E-state index contributed by atoms with van der Waals surface area (Å²) in [7, 11) is 0. The van der Waals surface area contributed by atoms with Crippen LogP contribution in [0.2, 0.25) is 0 Å². The van der Waals surface area contributed by atoms with Gasteiger partial charge in [0.25, 0.3) is 0 Å². The third kappa shape index (κ3) is 3.62. The second kappa shape index (κ2) is 7.57. The van der Waals surface area contributed by atoms with E-state index in [1.807, 2.05) is 12.1 Å². The minimum Gasteiger partial charge on any atom is -0.326 e. The van der Waals surface area contributed by atoms with Crippen molar-refractivity contribution in [1.82, 2.24) is 5.43 Å². The molecule has 0 saturated heterocycles. The van der Waals surface area contributed by atoms with Gasteiger partial charge in [-0.05, 0) is 30.0 Å². The lowest BCUT2D eigenvalue weighted by atomic mass is 9.95. The summed E-state index contributed by atoms with van der Waals surface area (Å²) in [4.78, 5) is 0. The summed E-state index contributed by atoms with van der Waals surface area (Å²) in [5, 5.41) is 4.47. The van der Waals surface area contributed by atoms with Crippen LogP contribution in [0.4, 0.5) is 0 Å². The van der Waals surface area contributed by atoms with Gasteiger partial charge in [-0.25, -0.2) is 0 Å². The molecular formula is C19H23N3. The summed E-state index contributed by atoms with van der Waals surface area (Å²) < 4.78 is 0. The van der Waals surface area contributed by atoms with Crippen LogP contribution in [0.25, 0.3) is 0 Å². The predicted molar refractivity (Wildman–Crippen MR) is 93.9 cm³/mol. The van der Waals surface area contributed by atoms with Crippen molar-refractivity contribution in [3.05, 3.63) is 83.1 Å². The summed E-state index contributed by atoms with van der Waals surface area (Å²) in [6, 6.07) is 14.7. The van der Waals surface area contributed by atoms with Gasteiger partial charge in [0.15, 0.2) is 0 Å². The summed E-state index contributed by atoms with van der Waals surface area (Å²) in [6.45, 7) is 8.48. The van der Waals surface area contributed by atoms with E-state index in [-0.39, 0.29) is 0 Å². The quantitative estimate of drug-likeness (QED) is 0.632. The molecule has 0 spiro atoms. The van der Waals surface area contributed by atoms with Crippen LogP contribution >= 0.6 is 0 Å². The van der Waals surface area contributed by atoms with Crippen LogP contribution in [-0.4, -0.2) is 5.71 Å². The van der Waals surface area contributed by atoms with E-state index in [1.54, 1.807) is 6.20 Å². The number of nitrogens with one attached hydrogen (secondary N) is 1. The van der Waals surface area contributed by atoms with Crippen molar-refractivity contribution in [3.63, 3.8) is 0 Å². The monoisotopic (exact) mass is 293 g/mol. The fourth-order valence-electron chi connectivity index (χ4n) is 2.40. The Balaban J connectivity index is 2.48. The average Bonchev–Trinajstić information content (AvgIpc) is 2.56. The van der Waals surface area contributed by atoms with Crippen molar-refractivity contribution in [2.45, 2.75) is 26.8 Å². The number of hydrogen-bond donors (Lipinski definition) is 2. The van der Waals surface area contributed by atoms with Crippen molar-refractivity contribution < 1.29 is 0 Å². The van der Waals surface area contributed by atoms with Gasteiger partial charge in [-0.2, -0.15) is 5.10 Å². The van der Waals surface area contributed by atoms with Gasteiger partial charge >= 0.3 is 0 Å². The fraction of sp³-hybridized carbons (Fsp3) is 0.211. The maximum Gasteiger partial charge on any atom is 0.0980 e. The largest absolute Gasteiger partial charge is 0.326 e. The fourth-order valence-corrected chi connectivity index (χ4v) is 2.40. The molecule has 0 bridgehead atoms. The van der Waals surface area contributed by atoms with Crippen molar-refractivity contribution in [2.24, 2.45) is 10.8 Å². The first kappa shape index (κ1) is 16.0. The Morgan fingerprint density at radius 1 is 1.18 bits per heavy atom. The lowest BCUT2D eigenvalue weighted by Crippen LogP contribution is -2.10. The Morgan fingerprint density at radius 2 is 1.86 bits per heavy atom. The average molecular weight is 293 g/mol. The number of nitrogens with zero attached hydrogens (tertiary/aromatic N) is 1. The third-order valence-electron chi connectivity index (χ3n) is 3.68. The molecule has 3 N–H and O–H groups in total. The van der Waals surface area contributed by atoms with Gasteiger partial charge in [0, 0.05) is 23.9 Å². The molecule has 0 amide bonds. The number of aryl methyl sites for hydroxylation is 2. The predicted octanol–water partition coefficient (Wildman–Crippen LogP) is 3.50. The number of nitrogens with two attached hydrogens (primary N) is 1. The first-order valence-corrected chi connectivity index (χ1v) is 7.53. The van der Waals surface area contributed by atoms with Crippen molar-refractivity contribution in [1.29, 1.82) is 0 Å². The molecule has 3 nitrogen and oxygen atoms in total. The zero-order chi connectivity index (χ0) is 15.9. The van der Waals surface area contributed by atoms with Crippen LogP contribution in [0.5, 0.6) is 0 Å². The van der Waals surface area contributed by atoms with E-state index in [0.29, 0.717) is 6.54 Å². The number of benzene rings is 2. The molecular weight excluding hydrogens is 270 g/mol. The molecule has 2 rings (SSSR count). The summed E-state index contributed by atoms with van der Waals surface area (Å²) in [5.74, 6) is 0. The lowest BCUT2D eigenvalue weighted by molar-refractivity contribution is 0.970. The van der Waals surface area contributed by atoms with Crippen molar-refractivity contribution >= 4 is 5.71 Å². The highest BCUT2D eigenvalue weighted by atomic mass is 15.3. The summed E-state index contributed by atoms with van der Waals surface area (Å²) >= 11 is 0. The maximum absolute atomic E-state index is 5.67. The molecule has 0 radical (unpaired) electrons. The van der Waals surface area contributed by atoms with Gasteiger partial charge < -0.3 is 5.73 Å². The Labute approximate surface area is 132 Å². The normalized spacial score (nSPS) is 11.3. The van der Waals surface area contributed by atoms with E-state index in [0.717, 1.165) is 28.8 Å². The molecule has 0 saturated carbocycles. The Bertz CT molecular complexity index is 670. The Hall–Kier alpha value is -2.39. The molecule has 0 atom stereocenters. The SMILES string of the molecule is C=CN/N=C(/c1ccc(CN)cc1)c1ccc(CC)cc1C. The lowest BCUT2D eigenvalue weighted by Gasteiger charge is -2.12. The van der Waals surface area contributed by atoms with E-state index < -0.39 is 0 Å². The van der Waals surface area contributed by atoms with E-state index >= 15 is 0 Å². The highest BCUT2D eigenvalue weighted by molar-refractivity contribution is 6.13. The molecule has 2 aromatic carbocycles. The molecule has 114 valence electrons. The van der Waals surface area contributed by atoms with E-state index in [9.17, 15) is 0 Å². The van der Waals surface area contributed by atoms with E-state index in [1.165, 1.54) is 11.1 Å².